The highest BCUT2D eigenvalue weighted by molar-refractivity contribution is 7.84. The lowest BCUT2D eigenvalue weighted by atomic mass is 9.82. The van der Waals surface area contributed by atoms with E-state index in [2.05, 4.69) is 42.0 Å². The monoisotopic (exact) mass is 468 g/mol. The molecule has 1 aliphatic heterocycles. The van der Waals surface area contributed by atoms with Crippen LogP contribution in [0.1, 0.15) is 79.3 Å². The Kier molecular flexibility index (Phi) is 6.86. The Morgan fingerprint density at radius 3 is 2.55 bits per heavy atom. The molecule has 3 unspecified atom stereocenters. The molecule has 0 spiro atoms. The number of ether oxygens (including phenoxy) is 1. The minimum Gasteiger partial charge on any atom is -0.376 e. The summed E-state index contributed by atoms with van der Waals surface area (Å²) in [5, 5.41) is 0.277. The quantitative estimate of drug-likeness (QED) is 0.652. The standard InChI is InChI=1S/C27H36N2O3S/c1-18-4-3-5-21(16-18)20-7-11-23(12-8-20)32-17-26-25(28-33(31)24-13-14-24)15-10-22-9-6-19(2)27(30)29(22)26/h3-6,9,16,20,23-26,28H,7-8,10-15,17H2,1-2H3. The molecular weight excluding hydrogens is 432 g/mol. The van der Waals surface area contributed by atoms with Gasteiger partial charge >= 0.3 is 0 Å². The van der Waals surface area contributed by atoms with Crippen molar-refractivity contribution in [2.24, 2.45) is 0 Å². The maximum Gasteiger partial charge on any atom is 0.254 e. The molecule has 2 aliphatic carbocycles. The molecular formula is C27H36N2O3S. The van der Waals surface area contributed by atoms with Crippen LogP contribution in [-0.4, -0.2) is 32.8 Å². The predicted octanol–water partition coefficient (Wildman–Crippen LogP) is 4.48. The van der Waals surface area contributed by atoms with Gasteiger partial charge in [-0.05, 0) is 82.8 Å². The molecule has 2 fully saturated rings. The zero-order valence-electron chi connectivity index (χ0n) is 19.8. The van der Waals surface area contributed by atoms with Crippen molar-refractivity contribution >= 4 is 11.0 Å². The van der Waals surface area contributed by atoms with Crippen molar-refractivity contribution in [2.75, 3.05) is 6.61 Å². The van der Waals surface area contributed by atoms with Crippen LogP contribution < -0.4 is 10.3 Å². The Bertz CT molecular complexity index is 1070. The summed E-state index contributed by atoms with van der Waals surface area (Å²) in [5.74, 6) is 0.612. The van der Waals surface area contributed by atoms with Crippen molar-refractivity contribution in [3.63, 3.8) is 0 Å². The molecule has 2 saturated carbocycles. The molecule has 0 bridgehead atoms. The van der Waals surface area contributed by atoms with Gasteiger partial charge in [-0.2, -0.15) is 0 Å². The van der Waals surface area contributed by atoms with E-state index in [0.717, 1.165) is 62.6 Å². The molecule has 3 aliphatic rings. The van der Waals surface area contributed by atoms with Gasteiger partial charge in [0.05, 0.1) is 29.7 Å². The SMILES string of the molecule is Cc1cccc(C2CCC(OCC3C(NS(=O)C4CC4)CCc4ccc(C)c(=O)n43)CC2)c1. The molecule has 1 aromatic carbocycles. The molecule has 0 saturated heterocycles. The lowest BCUT2D eigenvalue weighted by molar-refractivity contribution is -0.00161. The van der Waals surface area contributed by atoms with Gasteiger partial charge in [0, 0.05) is 22.5 Å². The second kappa shape index (κ2) is 9.85. The summed E-state index contributed by atoms with van der Waals surface area (Å²) in [6.45, 7) is 4.53. The number of rotatable bonds is 7. The van der Waals surface area contributed by atoms with E-state index in [1.54, 1.807) is 0 Å². The third-order valence-electron chi connectivity index (χ3n) is 7.68. The van der Waals surface area contributed by atoms with Gasteiger partial charge in [-0.25, -0.2) is 8.93 Å². The Labute approximate surface area is 199 Å². The summed E-state index contributed by atoms with van der Waals surface area (Å²) in [6, 6.07) is 12.8. The highest BCUT2D eigenvalue weighted by Crippen LogP contribution is 2.35. The zero-order chi connectivity index (χ0) is 22.9. The van der Waals surface area contributed by atoms with Gasteiger partial charge < -0.3 is 9.30 Å². The van der Waals surface area contributed by atoms with Gasteiger partial charge in [-0.3, -0.25) is 4.79 Å². The van der Waals surface area contributed by atoms with Gasteiger partial charge in [0.15, 0.2) is 0 Å². The minimum absolute atomic E-state index is 0.00191. The van der Waals surface area contributed by atoms with E-state index >= 15 is 0 Å². The lowest BCUT2D eigenvalue weighted by Gasteiger charge is -2.37. The van der Waals surface area contributed by atoms with E-state index in [9.17, 15) is 9.00 Å². The number of aryl methyl sites for hydroxylation is 3. The molecule has 5 nitrogen and oxygen atoms in total. The Balaban J connectivity index is 1.27. The molecule has 5 rings (SSSR count). The first kappa shape index (κ1) is 23.0. The van der Waals surface area contributed by atoms with Crippen LogP contribution in [0.2, 0.25) is 0 Å². The van der Waals surface area contributed by atoms with Crippen molar-refractivity contribution in [2.45, 2.75) is 94.6 Å². The van der Waals surface area contributed by atoms with Crippen LogP contribution in [0.15, 0.2) is 41.2 Å². The molecule has 33 heavy (non-hydrogen) atoms. The number of nitrogens with zero attached hydrogens (tertiary/aromatic N) is 1. The van der Waals surface area contributed by atoms with E-state index < -0.39 is 11.0 Å². The fraction of sp³-hybridized carbons (Fsp3) is 0.593. The van der Waals surface area contributed by atoms with Crippen molar-refractivity contribution in [3.05, 3.63) is 69.1 Å². The van der Waals surface area contributed by atoms with Crippen molar-refractivity contribution < 1.29 is 8.95 Å². The van der Waals surface area contributed by atoms with Crippen LogP contribution in [0.4, 0.5) is 0 Å². The Hall–Kier alpha value is -1.76. The molecule has 0 radical (unpaired) electrons. The topological polar surface area (TPSA) is 60.3 Å². The van der Waals surface area contributed by atoms with Crippen LogP contribution in [0.3, 0.4) is 0 Å². The zero-order valence-corrected chi connectivity index (χ0v) is 20.6. The summed E-state index contributed by atoms with van der Waals surface area (Å²) in [4.78, 5) is 13.1. The maximum atomic E-state index is 13.1. The Morgan fingerprint density at radius 2 is 1.82 bits per heavy atom. The molecule has 3 atom stereocenters. The number of aromatic nitrogens is 1. The van der Waals surface area contributed by atoms with Crippen LogP contribution in [0.5, 0.6) is 0 Å². The van der Waals surface area contributed by atoms with Crippen LogP contribution in [-0.2, 0) is 22.1 Å². The van der Waals surface area contributed by atoms with E-state index in [0.29, 0.717) is 12.5 Å². The third kappa shape index (κ3) is 5.18. The maximum absolute atomic E-state index is 13.1. The summed E-state index contributed by atoms with van der Waals surface area (Å²) < 4.78 is 24.4. The molecule has 6 heteroatoms. The summed E-state index contributed by atoms with van der Waals surface area (Å²) in [5.41, 5.74) is 4.66. The Morgan fingerprint density at radius 1 is 1.03 bits per heavy atom. The van der Waals surface area contributed by atoms with Gasteiger partial charge in [-0.15, -0.1) is 0 Å². The number of benzene rings is 1. The number of hydrogen-bond donors (Lipinski definition) is 1. The fourth-order valence-corrected chi connectivity index (χ4v) is 6.84. The lowest BCUT2D eigenvalue weighted by Crippen LogP contribution is -2.49. The molecule has 178 valence electrons. The minimum atomic E-state index is -1.02. The van der Waals surface area contributed by atoms with Crippen molar-refractivity contribution in [1.82, 2.24) is 9.29 Å². The molecule has 0 amide bonds. The average Bonchev–Trinajstić information content (AvgIpc) is 3.67. The van der Waals surface area contributed by atoms with E-state index in [1.165, 1.54) is 11.1 Å². The van der Waals surface area contributed by atoms with Crippen LogP contribution in [0, 0.1) is 13.8 Å². The number of hydrogen-bond acceptors (Lipinski definition) is 3. The smallest absolute Gasteiger partial charge is 0.254 e. The summed E-state index contributed by atoms with van der Waals surface area (Å²) in [6.07, 6.45) is 8.39. The normalized spacial score (nSPS) is 28.3. The van der Waals surface area contributed by atoms with Crippen molar-refractivity contribution in [3.8, 4) is 0 Å². The third-order valence-corrected chi connectivity index (χ3v) is 9.30. The first-order valence-electron chi connectivity index (χ1n) is 12.6. The van der Waals surface area contributed by atoms with Crippen molar-refractivity contribution in [1.29, 1.82) is 0 Å². The number of pyridine rings is 1. The van der Waals surface area contributed by atoms with Gasteiger partial charge in [0.1, 0.15) is 0 Å². The molecule has 2 heterocycles. The average molecular weight is 469 g/mol. The number of nitrogens with one attached hydrogen (secondary N) is 1. The summed E-state index contributed by atoms with van der Waals surface area (Å²) >= 11 is 0. The van der Waals surface area contributed by atoms with Gasteiger partial charge in [-0.1, -0.05) is 35.9 Å². The number of fused-ring (bicyclic) bond motifs is 1. The van der Waals surface area contributed by atoms with E-state index in [-0.39, 0.29) is 29.0 Å². The van der Waals surface area contributed by atoms with E-state index in [1.807, 2.05) is 17.6 Å². The fourth-order valence-electron chi connectivity index (χ4n) is 5.51. The van der Waals surface area contributed by atoms with Gasteiger partial charge in [0.25, 0.3) is 5.56 Å². The largest absolute Gasteiger partial charge is 0.376 e. The van der Waals surface area contributed by atoms with E-state index in [4.69, 9.17) is 4.74 Å². The first-order chi connectivity index (χ1) is 16.0. The van der Waals surface area contributed by atoms with Crippen LogP contribution in [0.25, 0.3) is 0 Å². The second-order valence-corrected chi connectivity index (χ2v) is 11.7. The first-order valence-corrected chi connectivity index (χ1v) is 13.8. The molecule has 2 aromatic rings. The highest BCUT2D eigenvalue weighted by Gasteiger charge is 2.36. The molecule has 1 aromatic heterocycles. The molecule has 1 N–H and O–H groups in total. The second-order valence-electron chi connectivity index (χ2n) is 10.2. The van der Waals surface area contributed by atoms with Gasteiger partial charge in [0.2, 0.25) is 0 Å². The predicted molar refractivity (Wildman–Crippen MR) is 133 cm³/mol. The summed E-state index contributed by atoms with van der Waals surface area (Å²) in [7, 11) is -1.02. The highest BCUT2D eigenvalue weighted by atomic mass is 32.2. The van der Waals surface area contributed by atoms with Crippen LogP contribution >= 0.6 is 0 Å².